The van der Waals surface area contributed by atoms with Gasteiger partial charge in [0.1, 0.15) is 0 Å². The van der Waals surface area contributed by atoms with Crippen LogP contribution >= 0.6 is 0 Å². The molecule has 1 aromatic heterocycles. The highest BCUT2D eigenvalue weighted by Gasteiger charge is 2.30. The first-order chi connectivity index (χ1) is 14.3. The van der Waals surface area contributed by atoms with Gasteiger partial charge in [-0.05, 0) is 64.0 Å². The van der Waals surface area contributed by atoms with E-state index in [4.69, 9.17) is 4.74 Å². The second kappa shape index (κ2) is 10.5. The van der Waals surface area contributed by atoms with Crippen LogP contribution in [0, 0.1) is 5.92 Å². The summed E-state index contributed by atoms with van der Waals surface area (Å²) in [7, 11) is 0. The molecule has 4 rings (SSSR count). The van der Waals surface area contributed by atoms with E-state index in [1.54, 1.807) is 18.6 Å². The zero-order valence-corrected chi connectivity index (χ0v) is 17.7. The van der Waals surface area contributed by atoms with Crippen molar-refractivity contribution in [3.05, 3.63) is 24.3 Å². The Morgan fingerprint density at radius 1 is 1.07 bits per heavy atom. The van der Waals surface area contributed by atoms with Gasteiger partial charge < -0.3 is 14.5 Å². The smallest absolute Gasteiger partial charge is 0.223 e. The van der Waals surface area contributed by atoms with Gasteiger partial charge in [-0.1, -0.05) is 12.8 Å². The Kier molecular flexibility index (Phi) is 7.49. The minimum atomic E-state index is 0.217. The average molecular weight is 401 g/mol. The molecule has 0 radical (unpaired) electrons. The summed E-state index contributed by atoms with van der Waals surface area (Å²) in [6, 6.07) is 0.826. The molecule has 1 atom stereocenters. The number of ether oxygens (including phenoxy) is 1. The fourth-order valence-corrected chi connectivity index (χ4v) is 5.25. The molecule has 0 unspecified atom stereocenters. The molecule has 29 heavy (non-hydrogen) atoms. The molecule has 6 nitrogen and oxygen atoms in total. The van der Waals surface area contributed by atoms with Gasteiger partial charge in [-0.2, -0.15) is 0 Å². The summed E-state index contributed by atoms with van der Waals surface area (Å²) in [5.74, 6) is 0.860. The van der Waals surface area contributed by atoms with E-state index in [0.29, 0.717) is 18.8 Å². The molecular formula is C23H36N4O2. The fourth-order valence-electron chi connectivity index (χ4n) is 5.25. The molecule has 1 amide bonds. The maximum atomic E-state index is 13.1. The van der Waals surface area contributed by atoms with Crippen LogP contribution in [0.5, 0.6) is 0 Å². The maximum Gasteiger partial charge on any atom is 0.223 e. The maximum absolute atomic E-state index is 13.1. The molecule has 3 heterocycles. The Labute approximate surface area is 175 Å². The van der Waals surface area contributed by atoms with E-state index in [2.05, 4.69) is 19.8 Å². The molecule has 2 saturated heterocycles. The first-order valence-electron chi connectivity index (χ1n) is 11.7. The van der Waals surface area contributed by atoms with Crippen molar-refractivity contribution in [3.8, 4) is 0 Å². The molecule has 0 bridgehead atoms. The van der Waals surface area contributed by atoms with Crippen LogP contribution in [-0.4, -0.2) is 70.6 Å². The number of amides is 1. The van der Waals surface area contributed by atoms with Crippen LogP contribution in [0.1, 0.15) is 63.5 Å². The molecule has 1 saturated carbocycles. The summed E-state index contributed by atoms with van der Waals surface area (Å²) >= 11 is 0. The Hall–Kier alpha value is -1.53. The van der Waals surface area contributed by atoms with Crippen LogP contribution in [0.2, 0.25) is 0 Å². The highest BCUT2D eigenvalue weighted by atomic mass is 16.5. The van der Waals surface area contributed by atoms with E-state index in [1.165, 1.54) is 51.6 Å². The number of piperidine rings is 1. The molecule has 0 spiro atoms. The van der Waals surface area contributed by atoms with Crippen LogP contribution < -0.4 is 0 Å². The molecular weight excluding hydrogens is 364 g/mol. The van der Waals surface area contributed by atoms with Crippen molar-refractivity contribution in [2.24, 2.45) is 5.92 Å². The number of hydrogen-bond acceptors (Lipinski definition) is 5. The van der Waals surface area contributed by atoms with Crippen LogP contribution in [0.25, 0.3) is 0 Å². The van der Waals surface area contributed by atoms with Gasteiger partial charge in [0, 0.05) is 50.7 Å². The number of aromatic nitrogens is 2. The third-order valence-electron chi connectivity index (χ3n) is 6.98. The van der Waals surface area contributed by atoms with Gasteiger partial charge in [0.25, 0.3) is 0 Å². The van der Waals surface area contributed by atoms with Crippen LogP contribution in [0.15, 0.2) is 18.6 Å². The minimum absolute atomic E-state index is 0.217. The van der Waals surface area contributed by atoms with Gasteiger partial charge in [0.2, 0.25) is 5.91 Å². The molecule has 0 N–H and O–H groups in total. The van der Waals surface area contributed by atoms with Crippen molar-refractivity contribution in [2.75, 3.05) is 32.8 Å². The normalized spacial score (nSPS) is 24.2. The zero-order chi connectivity index (χ0) is 19.9. The monoisotopic (exact) mass is 400 g/mol. The van der Waals surface area contributed by atoms with Gasteiger partial charge in [-0.25, -0.2) is 0 Å². The number of likely N-dealkylation sites (tertiary alicyclic amines) is 1. The molecule has 2 aliphatic heterocycles. The van der Waals surface area contributed by atoms with E-state index in [1.807, 2.05) is 0 Å². The Morgan fingerprint density at radius 3 is 2.59 bits per heavy atom. The predicted molar refractivity (Wildman–Crippen MR) is 112 cm³/mol. The van der Waals surface area contributed by atoms with Gasteiger partial charge in [0.15, 0.2) is 0 Å². The number of hydrogen-bond donors (Lipinski definition) is 0. The van der Waals surface area contributed by atoms with E-state index in [-0.39, 0.29) is 12.0 Å². The summed E-state index contributed by atoms with van der Waals surface area (Å²) in [5.41, 5.74) is 0.891. The Morgan fingerprint density at radius 2 is 1.90 bits per heavy atom. The summed E-state index contributed by atoms with van der Waals surface area (Å²) in [5, 5.41) is 0. The largest absolute Gasteiger partial charge is 0.376 e. The number of carbonyl (C=O) groups excluding carboxylic acids is 1. The van der Waals surface area contributed by atoms with E-state index in [0.717, 1.165) is 44.3 Å². The van der Waals surface area contributed by atoms with Crippen molar-refractivity contribution in [1.29, 1.82) is 0 Å². The summed E-state index contributed by atoms with van der Waals surface area (Å²) in [6.07, 6.45) is 16.7. The molecule has 3 aliphatic rings. The third kappa shape index (κ3) is 5.98. The first kappa shape index (κ1) is 20.7. The van der Waals surface area contributed by atoms with Gasteiger partial charge >= 0.3 is 0 Å². The third-order valence-corrected chi connectivity index (χ3v) is 6.98. The van der Waals surface area contributed by atoms with Gasteiger partial charge in [-0.3, -0.25) is 14.8 Å². The second-order valence-corrected chi connectivity index (χ2v) is 9.05. The van der Waals surface area contributed by atoms with Crippen LogP contribution in [-0.2, 0) is 16.0 Å². The standard InChI is InChI=1S/C23H36N4O2/c28-23(8-7-20-16-24-11-12-25-20)27(18-22-6-3-15-29-22)17-19-9-13-26(14-10-19)21-4-1-2-5-21/h11-12,16,19,21-22H,1-10,13-15,17-18H2/t22-/m0/s1. The lowest BCUT2D eigenvalue weighted by molar-refractivity contribution is -0.133. The molecule has 160 valence electrons. The lowest BCUT2D eigenvalue weighted by atomic mass is 9.94. The zero-order valence-electron chi connectivity index (χ0n) is 17.7. The summed E-state index contributed by atoms with van der Waals surface area (Å²) < 4.78 is 5.85. The molecule has 6 heteroatoms. The SMILES string of the molecule is O=C(CCc1cnccn1)N(CC1CCN(C2CCCC2)CC1)C[C@@H]1CCCO1. The van der Waals surface area contributed by atoms with Gasteiger partial charge in [0.05, 0.1) is 11.8 Å². The predicted octanol–water partition coefficient (Wildman–Crippen LogP) is 3.07. The van der Waals surface area contributed by atoms with E-state index >= 15 is 0 Å². The van der Waals surface area contributed by atoms with Crippen molar-refractivity contribution in [3.63, 3.8) is 0 Å². The summed E-state index contributed by atoms with van der Waals surface area (Å²) in [4.78, 5) is 26.3. The topological polar surface area (TPSA) is 58.6 Å². The number of nitrogens with zero attached hydrogens (tertiary/aromatic N) is 4. The van der Waals surface area contributed by atoms with Crippen LogP contribution in [0.3, 0.4) is 0 Å². The lowest BCUT2D eigenvalue weighted by Crippen LogP contribution is -2.45. The van der Waals surface area contributed by atoms with Crippen LogP contribution in [0.4, 0.5) is 0 Å². The molecule has 1 aliphatic carbocycles. The average Bonchev–Trinajstić information content (AvgIpc) is 3.47. The first-order valence-corrected chi connectivity index (χ1v) is 11.7. The van der Waals surface area contributed by atoms with Gasteiger partial charge in [-0.15, -0.1) is 0 Å². The minimum Gasteiger partial charge on any atom is -0.376 e. The number of aryl methyl sites for hydroxylation is 1. The van der Waals surface area contributed by atoms with Crippen molar-refractivity contribution in [1.82, 2.24) is 19.8 Å². The Bertz CT molecular complexity index is 621. The van der Waals surface area contributed by atoms with Crippen molar-refractivity contribution in [2.45, 2.75) is 76.4 Å². The van der Waals surface area contributed by atoms with Crippen molar-refractivity contribution < 1.29 is 9.53 Å². The van der Waals surface area contributed by atoms with E-state index < -0.39 is 0 Å². The van der Waals surface area contributed by atoms with Crippen molar-refractivity contribution >= 4 is 5.91 Å². The van der Waals surface area contributed by atoms with E-state index in [9.17, 15) is 4.79 Å². The summed E-state index contributed by atoms with van der Waals surface area (Å²) in [6.45, 7) is 4.89. The quantitative estimate of drug-likeness (QED) is 0.671. The number of rotatable bonds is 8. The molecule has 3 fully saturated rings. The number of carbonyl (C=O) groups is 1. The fraction of sp³-hybridized carbons (Fsp3) is 0.783. The second-order valence-electron chi connectivity index (χ2n) is 9.05. The Balaban J connectivity index is 1.29. The molecule has 1 aromatic rings. The highest BCUT2D eigenvalue weighted by Crippen LogP contribution is 2.28. The molecule has 0 aromatic carbocycles. The highest BCUT2D eigenvalue weighted by molar-refractivity contribution is 5.76. The lowest BCUT2D eigenvalue weighted by Gasteiger charge is -2.38.